The van der Waals surface area contributed by atoms with E-state index in [-0.39, 0.29) is 10.1 Å². The average molecular weight is 268 g/mol. The molecule has 2 N–H and O–H groups in total. The summed E-state index contributed by atoms with van der Waals surface area (Å²) in [5.74, 6) is -0.627. The largest absolute Gasteiger partial charge is 0.469 e. The number of hydrogen-bond donors (Lipinski definition) is 2. The normalized spacial score (nSPS) is 14.2. The molecule has 0 aliphatic rings. The zero-order chi connectivity index (χ0) is 13.9. The molecule has 100 valence electrons. The topological polar surface area (TPSA) is 93.1 Å². The summed E-state index contributed by atoms with van der Waals surface area (Å²) >= 11 is 0. The maximum Gasteiger partial charge on any atom is 0.469 e. The van der Waals surface area contributed by atoms with Crippen LogP contribution in [-0.2, 0) is 18.6 Å². The fourth-order valence-electron chi connectivity index (χ4n) is 0.801. The first-order valence-electron chi connectivity index (χ1n) is 4.81. The van der Waals surface area contributed by atoms with Crippen LogP contribution >= 0.6 is 7.82 Å². The highest BCUT2D eigenvalue weighted by Gasteiger charge is 2.31. The average Bonchev–Trinajstić information content (AvgIpc) is 2.07. The molecule has 1 atom stereocenters. The van der Waals surface area contributed by atoms with Crippen molar-refractivity contribution in [1.29, 1.82) is 0 Å². The van der Waals surface area contributed by atoms with E-state index in [9.17, 15) is 9.36 Å². The van der Waals surface area contributed by atoms with Gasteiger partial charge in [0.05, 0.1) is 21.1 Å². The molecule has 0 aromatic heterocycles. The van der Waals surface area contributed by atoms with Crippen LogP contribution in [0.1, 0.15) is 6.92 Å². The molecule has 1 unspecified atom stereocenters. The van der Waals surface area contributed by atoms with Crippen molar-refractivity contribution < 1.29 is 32.9 Å². The van der Waals surface area contributed by atoms with Crippen molar-refractivity contribution in [1.82, 2.24) is 0 Å². The summed E-state index contributed by atoms with van der Waals surface area (Å²) in [7, 11) is 0.543. The maximum atomic E-state index is 11.3. The Labute approximate surface area is 100 Å². The van der Waals surface area contributed by atoms with Gasteiger partial charge >= 0.3 is 13.8 Å². The van der Waals surface area contributed by atoms with E-state index in [0.29, 0.717) is 0 Å². The van der Waals surface area contributed by atoms with Gasteiger partial charge in [0.25, 0.3) is 6.23 Å². The molecule has 0 aromatic rings. The number of phosphoric acid groups is 1. The lowest BCUT2D eigenvalue weighted by atomic mass is 10.3. The Morgan fingerprint density at radius 3 is 2.18 bits per heavy atom. The molecule has 8 heteroatoms. The van der Waals surface area contributed by atoms with Crippen LogP contribution in [0.2, 0.25) is 0 Å². The lowest BCUT2D eigenvalue weighted by Crippen LogP contribution is -2.50. The minimum atomic E-state index is -4.58. The first-order valence-corrected chi connectivity index (χ1v) is 6.34. The Balaban J connectivity index is 4.63. The van der Waals surface area contributed by atoms with Crippen molar-refractivity contribution in [2.24, 2.45) is 0 Å². The van der Waals surface area contributed by atoms with Gasteiger partial charge in [-0.05, 0) is 6.92 Å². The molecule has 7 nitrogen and oxygen atoms in total. The van der Waals surface area contributed by atoms with Crippen molar-refractivity contribution in [2.75, 3.05) is 27.7 Å². The van der Waals surface area contributed by atoms with Gasteiger partial charge in [0.1, 0.15) is 6.61 Å². The van der Waals surface area contributed by atoms with Crippen LogP contribution in [0.15, 0.2) is 12.2 Å². The third kappa shape index (κ3) is 7.25. The number of ether oxygens (including phenoxy) is 1. The highest BCUT2D eigenvalue weighted by molar-refractivity contribution is 7.46. The summed E-state index contributed by atoms with van der Waals surface area (Å²) in [5, 5.41) is 0. The van der Waals surface area contributed by atoms with Crippen LogP contribution in [0, 0.1) is 0 Å². The Hall–Kier alpha value is -0.720. The van der Waals surface area contributed by atoms with Crippen LogP contribution < -0.4 is 0 Å². The Morgan fingerprint density at radius 2 is 1.88 bits per heavy atom. The Morgan fingerprint density at radius 1 is 1.41 bits per heavy atom. The summed E-state index contributed by atoms with van der Waals surface area (Å²) in [6.45, 7) is 4.51. The molecular weight excluding hydrogens is 249 g/mol. The predicted octanol–water partition coefficient (Wildman–Crippen LogP) is 0.247. The van der Waals surface area contributed by atoms with Crippen LogP contribution in [0.4, 0.5) is 0 Å². The van der Waals surface area contributed by atoms with Gasteiger partial charge in [-0.15, -0.1) is 0 Å². The summed E-state index contributed by atoms with van der Waals surface area (Å²) in [5.41, 5.74) is 0.208. The van der Waals surface area contributed by atoms with Crippen molar-refractivity contribution in [3.05, 3.63) is 12.2 Å². The number of carbonyl (C=O) groups excluding carboxylic acids is 1. The summed E-state index contributed by atoms with van der Waals surface area (Å²) in [6.07, 6.45) is -0.827. The second-order valence-electron chi connectivity index (χ2n) is 4.54. The summed E-state index contributed by atoms with van der Waals surface area (Å²) < 4.78 is 20.1. The van der Waals surface area contributed by atoms with Gasteiger partial charge in [0.2, 0.25) is 0 Å². The molecule has 0 radical (unpaired) electrons. The molecule has 0 aliphatic heterocycles. The second-order valence-corrected chi connectivity index (χ2v) is 5.78. The van der Waals surface area contributed by atoms with E-state index >= 15 is 0 Å². The molecule has 0 heterocycles. The number of quaternary nitrogens is 1. The van der Waals surface area contributed by atoms with Crippen LogP contribution in [0.3, 0.4) is 0 Å². The van der Waals surface area contributed by atoms with Crippen molar-refractivity contribution in [3.8, 4) is 0 Å². The molecule has 17 heavy (non-hydrogen) atoms. The molecule has 0 saturated heterocycles. The molecule has 0 rings (SSSR count). The van der Waals surface area contributed by atoms with E-state index < -0.39 is 26.6 Å². The zero-order valence-corrected chi connectivity index (χ0v) is 11.3. The van der Waals surface area contributed by atoms with E-state index in [0.717, 1.165) is 0 Å². The lowest BCUT2D eigenvalue weighted by molar-refractivity contribution is -0.916. The summed E-state index contributed by atoms with van der Waals surface area (Å²) in [4.78, 5) is 28.5. The SMILES string of the molecule is C=C(C)C(=O)OC(COP(=O)(O)O)[N+](C)(C)C. The Bertz CT molecular complexity index is 342. The van der Waals surface area contributed by atoms with Crippen molar-refractivity contribution in [2.45, 2.75) is 13.2 Å². The Kier molecular flexibility index (Phi) is 5.51. The molecular formula is C9H19NO6P+. The number of phosphoric ester groups is 1. The van der Waals surface area contributed by atoms with Crippen molar-refractivity contribution >= 4 is 13.8 Å². The van der Waals surface area contributed by atoms with Gasteiger partial charge in [-0.25, -0.2) is 9.36 Å². The van der Waals surface area contributed by atoms with Gasteiger partial charge < -0.3 is 14.5 Å². The second kappa shape index (κ2) is 5.75. The molecule has 0 amide bonds. The van der Waals surface area contributed by atoms with Gasteiger partial charge in [-0.2, -0.15) is 0 Å². The maximum absolute atomic E-state index is 11.3. The molecule has 0 bridgehead atoms. The van der Waals surface area contributed by atoms with E-state index in [2.05, 4.69) is 11.1 Å². The zero-order valence-electron chi connectivity index (χ0n) is 10.4. The minimum absolute atomic E-state index is 0.152. The van der Waals surface area contributed by atoms with E-state index in [1.165, 1.54) is 6.92 Å². The molecule has 0 spiro atoms. The third-order valence-corrected chi connectivity index (χ3v) is 2.33. The van der Waals surface area contributed by atoms with Gasteiger partial charge in [0.15, 0.2) is 0 Å². The van der Waals surface area contributed by atoms with Crippen LogP contribution in [0.5, 0.6) is 0 Å². The molecule has 0 aromatic carbocycles. The number of esters is 1. The van der Waals surface area contributed by atoms with Crippen LogP contribution in [0.25, 0.3) is 0 Å². The quantitative estimate of drug-likeness (QED) is 0.236. The highest BCUT2D eigenvalue weighted by Crippen LogP contribution is 2.36. The fourth-order valence-corrected chi connectivity index (χ4v) is 1.12. The first-order chi connectivity index (χ1) is 7.43. The van der Waals surface area contributed by atoms with Gasteiger partial charge in [-0.3, -0.25) is 9.01 Å². The minimum Gasteiger partial charge on any atom is -0.406 e. The first kappa shape index (κ1) is 16.3. The van der Waals surface area contributed by atoms with E-state index in [1.807, 2.05) is 0 Å². The number of likely N-dealkylation sites (N-methyl/N-ethyl adjacent to an activating group) is 1. The standard InChI is InChI=1S/C9H18NO6P/c1-7(2)9(11)16-8(10(3,4)5)6-15-17(12,13)14/h8H,1,6H2,2-5H3,(H-,12,13,14)/p+1. The van der Waals surface area contributed by atoms with Gasteiger partial charge in [-0.1, -0.05) is 6.58 Å². The lowest BCUT2D eigenvalue weighted by Gasteiger charge is -2.32. The van der Waals surface area contributed by atoms with E-state index in [4.69, 9.17) is 14.5 Å². The number of hydrogen-bond acceptors (Lipinski definition) is 4. The fraction of sp³-hybridized carbons (Fsp3) is 0.667. The highest BCUT2D eigenvalue weighted by atomic mass is 31.2. The number of nitrogens with zero attached hydrogens (tertiary/aromatic N) is 1. The predicted molar refractivity (Wildman–Crippen MR) is 60.7 cm³/mol. The van der Waals surface area contributed by atoms with Gasteiger partial charge in [0, 0.05) is 5.57 Å². The third-order valence-electron chi connectivity index (χ3n) is 1.84. The van der Waals surface area contributed by atoms with E-state index in [1.54, 1.807) is 21.1 Å². The smallest absolute Gasteiger partial charge is 0.406 e. The monoisotopic (exact) mass is 268 g/mol. The van der Waals surface area contributed by atoms with Crippen molar-refractivity contribution in [3.63, 3.8) is 0 Å². The molecule has 0 aliphatic carbocycles. The number of carbonyl (C=O) groups is 1. The summed E-state index contributed by atoms with van der Waals surface area (Å²) in [6, 6.07) is 0. The molecule has 0 fully saturated rings. The van der Waals surface area contributed by atoms with Crippen LogP contribution in [-0.4, -0.2) is 54.2 Å². The molecule has 0 saturated carbocycles. The number of rotatable bonds is 6.